The van der Waals surface area contributed by atoms with E-state index < -0.39 is 18.0 Å². The number of carboxylic acids is 1. The average molecular weight is 276 g/mol. The van der Waals surface area contributed by atoms with Crippen LogP contribution in [0.2, 0.25) is 0 Å². The first-order valence-electron chi connectivity index (χ1n) is 6.53. The molecule has 2 amide bonds. The number of rotatable bonds is 10. The highest BCUT2D eigenvalue weighted by molar-refractivity contribution is 5.82. The van der Waals surface area contributed by atoms with Gasteiger partial charge in [0.05, 0.1) is 19.8 Å². The predicted molar refractivity (Wildman–Crippen MR) is 70.0 cm³/mol. The van der Waals surface area contributed by atoms with Crippen LogP contribution in [0.3, 0.4) is 0 Å². The highest BCUT2D eigenvalue weighted by Crippen LogP contribution is 1.99. The van der Waals surface area contributed by atoms with E-state index in [1.54, 1.807) is 6.92 Å². The molecule has 0 unspecified atom stereocenters. The normalized spacial score (nSPS) is 11.9. The number of aliphatic carboxylic acids is 1. The first-order chi connectivity index (χ1) is 9.06. The highest BCUT2D eigenvalue weighted by atomic mass is 16.5. The number of nitrogens with zero attached hydrogens (tertiary/aromatic N) is 1. The summed E-state index contributed by atoms with van der Waals surface area (Å²) in [5.74, 6) is -1.03. The lowest BCUT2D eigenvalue weighted by Gasteiger charge is -2.23. The number of ether oxygens (including phenoxy) is 1. The molecule has 0 fully saturated rings. The maximum absolute atomic E-state index is 11.9. The van der Waals surface area contributed by atoms with Gasteiger partial charge in [-0.05, 0) is 13.3 Å². The number of aliphatic hydroxyl groups is 1. The van der Waals surface area contributed by atoms with E-state index >= 15 is 0 Å². The standard InChI is InChI=1S/C12H24N2O5/c1-3-5-10(11(16)17)13-12(18)14(4-2)6-8-19-9-7-15/h10,15H,3-9H2,1-2H3,(H,13,18)(H,16,17)/t10-/m0/s1. The maximum Gasteiger partial charge on any atom is 0.326 e. The van der Waals surface area contributed by atoms with Gasteiger partial charge in [-0.2, -0.15) is 0 Å². The Morgan fingerprint density at radius 2 is 2.00 bits per heavy atom. The van der Waals surface area contributed by atoms with Crippen LogP contribution in [-0.4, -0.2) is 66.1 Å². The molecule has 0 bridgehead atoms. The summed E-state index contributed by atoms with van der Waals surface area (Å²) in [6.07, 6.45) is 1.09. The quantitative estimate of drug-likeness (QED) is 0.498. The molecule has 3 N–H and O–H groups in total. The lowest BCUT2D eigenvalue weighted by atomic mass is 10.2. The van der Waals surface area contributed by atoms with Crippen molar-refractivity contribution in [3.05, 3.63) is 0 Å². The van der Waals surface area contributed by atoms with Crippen LogP contribution in [-0.2, 0) is 9.53 Å². The molecular weight excluding hydrogens is 252 g/mol. The van der Waals surface area contributed by atoms with Crippen LogP contribution in [0, 0.1) is 0 Å². The van der Waals surface area contributed by atoms with Crippen LogP contribution >= 0.6 is 0 Å². The lowest BCUT2D eigenvalue weighted by molar-refractivity contribution is -0.139. The van der Waals surface area contributed by atoms with Gasteiger partial charge in [0.1, 0.15) is 6.04 Å². The monoisotopic (exact) mass is 276 g/mol. The van der Waals surface area contributed by atoms with Gasteiger partial charge in [-0.1, -0.05) is 13.3 Å². The Morgan fingerprint density at radius 3 is 2.47 bits per heavy atom. The number of hydrogen-bond donors (Lipinski definition) is 3. The summed E-state index contributed by atoms with van der Waals surface area (Å²) in [6.45, 7) is 4.98. The van der Waals surface area contributed by atoms with E-state index in [-0.39, 0.29) is 13.2 Å². The smallest absolute Gasteiger partial charge is 0.326 e. The van der Waals surface area contributed by atoms with Crippen LogP contribution in [0.4, 0.5) is 4.79 Å². The molecule has 0 saturated heterocycles. The minimum atomic E-state index is -1.03. The number of carbonyl (C=O) groups excluding carboxylic acids is 1. The number of nitrogens with one attached hydrogen (secondary N) is 1. The molecule has 0 rings (SSSR count). The van der Waals surface area contributed by atoms with Crippen molar-refractivity contribution in [2.24, 2.45) is 0 Å². The first kappa shape index (κ1) is 17.7. The van der Waals surface area contributed by atoms with Crippen molar-refractivity contribution in [2.75, 3.05) is 32.9 Å². The Bertz CT molecular complexity index is 273. The number of hydrogen-bond acceptors (Lipinski definition) is 4. The Morgan fingerprint density at radius 1 is 1.32 bits per heavy atom. The van der Waals surface area contributed by atoms with Gasteiger partial charge in [0.15, 0.2) is 0 Å². The molecule has 7 heteroatoms. The van der Waals surface area contributed by atoms with E-state index in [2.05, 4.69) is 5.32 Å². The molecule has 7 nitrogen and oxygen atoms in total. The van der Waals surface area contributed by atoms with Crippen molar-refractivity contribution in [2.45, 2.75) is 32.7 Å². The van der Waals surface area contributed by atoms with Gasteiger partial charge in [-0.3, -0.25) is 0 Å². The minimum Gasteiger partial charge on any atom is -0.480 e. The zero-order chi connectivity index (χ0) is 14.7. The van der Waals surface area contributed by atoms with Gasteiger partial charge in [0.2, 0.25) is 0 Å². The summed E-state index contributed by atoms with van der Waals surface area (Å²) in [6, 6.07) is -1.26. The summed E-state index contributed by atoms with van der Waals surface area (Å²) < 4.78 is 5.08. The van der Waals surface area contributed by atoms with Crippen LogP contribution in [0.1, 0.15) is 26.7 Å². The van der Waals surface area contributed by atoms with E-state index in [9.17, 15) is 9.59 Å². The zero-order valence-electron chi connectivity index (χ0n) is 11.6. The van der Waals surface area contributed by atoms with Gasteiger partial charge in [0.25, 0.3) is 0 Å². The second-order valence-electron chi connectivity index (χ2n) is 4.04. The van der Waals surface area contributed by atoms with E-state index in [0.29, 0.717) is 32.5 Å². The SMILES string of the molecule is CCC[C@H](NC(=O)N(CC)CCOCCO)C(=O)O. The molecule has 0 heterocycles. The molecule has 0 aromatic carbocycles. The predicted octanol–water partition coefficient (Wildman–Crippen LogP) is 0.280. The molecule has 0 spiro atoms. The minimum absolute atomic E-state index is 0.0596. The average Bonchev–Trinajstić information content (AvgIpc) is 2.38. The van der Waals surface area contributed by atoms with E-state index in [1.165, 1.54) is 4.90 Å². The largest absolute Gasteiger partial charge is 0.480 e. The molecule has 19 heavy (non-hydrogen) atoms. The Balaban J connectivity index is 4.21. The van der Waals surface area contributed by atoms with Crippen molar-refractivity contribution in [3.63, 3.8) is 0 Å². The molecule has 1 atom stereocenters. The number of urea groups is 1. The topological polar surface area (TPSA) is 99.1 Å². The summed E-state index contributed by atoms with van der Waals surface area (Å²) in [5.41, 5.74) is 0. The van der Waals surface area contributed by atoms with Crippen LogP contribution < -0.4 is 5.32 Å². The van der Waals surface area contributed by atoms with Gasteiger partial charge < -0.3 is 25.2 Å². The molecule has 112 valence electrons. The first-order valence-corrected chi connectivity index (χ1v) is 6.53. The number of carboxylic acid groups (broad SMARTS) is 1. The molecule has 0 radical (unpaired) electrons. The summed E-state index contributed by atoms with van der Waals surface area (Å²) >= 11 is 0. The van der Waals surface area contributed by atoms with Gasteiger partial charge >= 0.3 is 12.0 Å². The van der Waals surface area contributed by atoms with Crippen molar-refractivity contribution in [1.82, 2.24) is 10.2 Å². The molecule has 0 aromatic heterocycles. The Labute approximate surface area is 113 Å². The molecule has 0 aromatic rings. The van der Waals surface area contributed by atoms with Gasteiger partial charge in [0, 0.05) is 13.1 Å². The fraction of sp³-hybridized carbons (Fsp3) is 0.833. The van der Waals surface area contributed by atoms with Crippen LogP contribution in [0.15, 0.2) is 0 Å². The Hall–Kier alpha value is -1.34. The fourth-order valence-electron chi connectivity index (χ4n) is 1.53. The van der Waals surface area contributed by atoms with Crippen molar-refractivity contribution < 1.29 is 24.5 Å². The van der Waals surface area contributed by atoms with Crippen LogP contribution in [0.25, 0.3) is 0 Å². The summed E-state index contributed by atoms with van der Waals surface area (Å²) in [5, 5.41) is 20.0. The van der Waals surface area contributed by atoms with E-state index in [0.717, 1.165) is 0 Å². The second-order valence-corrected chi connectivity index (χ2v) is 4.04. The van der Waals surface area contributed by atoms with Gasteiger partial charge in [-0.25, -0.2) is 9.59 Å². The third-order valence-electron chi connectivity index (χ3n) is 2.58. The van der Waals surface area contributed by atoms with Crippen molar-refractivity contribution in [1.29, 1.82) is 0 Å². The van der Waals surface area contributed by atoms with Crippen LogP contribution in [0.5, 0.6) is 0 Å². The van der Waals surface area contributed by atoms with Crippen molar-refractivity contribution in [3.8, 4) is 0 Å². The lowest BCUT2D eigenvalue weighted by Crippen LogP contribution is -2.48. The van der Waals surface area contributed by atoms with E-state index in [1.807, 2.05) is 6.92 Å². The van der Waals surface area contributed by atoms with E-state index in [4.69, 9.17) is 14.9 Å². The summed E-state index contributed by atoms with van der Waals surface area (Å²) in [4.78, 5) is 24.3. The van der Waals surface area contributed by atoms with Crippen molar-refractivity contribution >= 4 is 12.0 Å². The zero-order valence-corrected chi connectivity index (χ0v) is 11.6. The van der Waals surface area contributed by atoms with Gasteiger partial charge in [-0.15, -0.1) is 0 Å². The second kappa shape index (κ2) is 10.6. The molecule has 0 aliphatic carbocycles. The number of likely N-dealkylation sites (N-methyl/N-ethyl adjacent to an activating group) is 1. The number of carbonyl (C=O) groups is 2. The molecule has 0 aliphatic rings. The molecule has 0 aliphatic heterocycles. The highest BCUT2D eigenvalue weighted by Gasteiger charge is 2.21. The maximum atomic E-state index is 11.9. The number of amides is 2. The summed E-state index contributed by atoms with van der Waals surface area (Å²) in [7, 11) is 0. The third-order valence-corrected chi connectivity index (χ3v) is 2.58. The molecule has 0 saturated carbocycles. The fourth-order valence-corrected chi connectivity index (χ4v) is 1.53. The third kappa shape index (κ3) is 7.63. The molecular formula is C12H24N2O5. The Kier molecular flexibility index (Phi) is 9.82. The number of aliphatic hydroxyl groups excluding tert-OH is 1.